The van der Waals surface area contributed by atoms with Crippen molar-refractivity contribution >= 4 is 0 Å². The van der Waals surface area contributed by atoms with Crippen molar-refractivity contribution in [2.75, 3.05) is 0 Å². The molecule has 0 spiro atoms. The van der Waals surface area contributed by atoms with Crippen LogP contribution < -0.4 is 0 Å². The van der Waals surface area contributed by atoms with Crippen LogP contribution in [0.5, 0.6) is 0 Å². The Kier molecular flexibility index (Phi) is 3.48. The largest absolute Gasteiger partial charge is 0.279 e. The van der Waals surface area contributed by atoms with E-state index in [1.807, 2.05) is 13.8 Å². The quantitative estimate of drug-likeness (QED) is 0.875. The predicted molar refractivity (Wildman–Crippen MR) is 75.9 cm³/mol. The molecule has 1 heterocycles. The fraction of sp³-hybridized carbons (Fsp3) is 0.438. The summed E-state index contributed by atoms with van der Waals surface area (Å²) in [6.07, 6.45) is 1.23. The van der Waals surface area contributed by atoms with Gasteiger partial charge in [-0.15, -0.1) is 0 Å². The molecular weight excluding hydrogens is 239 g/mol. The number of nitrogens with one attached hydrogen (secondary N) is 1. The molecule has 0 saturated heterocycles. The van der Waals surface area contributed by atoms with E-state index in [1.54, 1.807) is 0 Å². The van der Waals surface area contributed by atoms with Crippen LogP contribution in [0.3, 0.4) is 0 Å². The average molecular weight is 260 g/mol. The Morgan fingerprint density at radius 1 is 1.26 bits per heavy atom. The lowest BCUT2D eigenvalue weighted by Gasteiger charge is -2.25. The fourth-order valence-electron chi connectivity index (χ4n) is 2.57. The van der Waals surface area contributed by atoms with E-state index in [0.29, 0.717) is 11.6 Å². The Morgan fingerprint density at radius 2 is 1.95 bits per heavy atom. The standard InChI is InChI=1S/C16H21FN2/c1-10(2)13-7-6-12(8-11(13)3)16(4,5)15-14(17)9-18-19-15/h6-10H,1-5H3,(H,18,19). The lowest BCUT2D eigenvalue weighted by atomic mass is 9.79. The Balaban J connectivity index is 2.47. The van der Waals surface area contributed by atoms with E-state index >= 15 is 0 Å². The van der Waals surface area contributed by atoms with E-state index in [2.05, 4.69) is 49.2 Å². The SMILES string of the molecule is Cc1cc(C(C)(C)c2[nH]ncc2F)ccc1C(C)C. The number of aryl methyl sites for hydroxylation is 1. The molecule has 0 unspecified atom stereocenters. The van der Waals surface area contributed by atoms with E-state index in [-0.39, 0.29) is 5.82 Å². The molecule has 0 bridgehead atoms. The van der Waals surface area contributed by atoms with Crippen LogP contribution in [0.2, 0.25) is 0 Å². The first-order valence-corrected chi connectivity index (χ1v) is 6.64. The van der Waals surface area contributed by atoms with Crippen molar-refractivity contribution in [3.8, 4) is 0 Å². The van der Waals surface area contributed by atoms with E-state index in [1.165, 1.54) is 17.3 Å². The van der Waals surface area contributed by atoms with Crippen molar-refractivity contribution in [2.24, 2.45) is 0 Å². The van der Waals surface area contributed by atoms with Crippen LogP contribution in [-0.2, 0) is 5.41 Å². The molecule has 102 valence electrons. The smallest absolute Gasteiger partial charge is 0.164 e. The van der Waals surface area contributed by atoms with Gasteiger partial charge < -0.3 is 0 Å². The second kappa shape index (κ2) is 4.80. The fourth-order valence-corrected chi connectivity index (χ4v) is 2.57. The van der Waals surface area contributed by atoms with Crippen LogP contribution in [0.25, 0.3) is 0 Å². The monoisotopic (exact) mass is 260 g/mol. The number of aromatic amines is 1. The molecule has 0 aliphatic rings. The zero-order chi connectivity index (χ0) is 14.2. The number of rotatable bonds is 3. The van der Waals surface area contributed by atoms with Crippen LogP contribution in [0.1, 0.15) is 56.0 Å². The summed E-state index contributed by atoms with van der Waals surface area (Å²) in [7, 11) is 0. The first-order valence-electron chi connectivity index (χ1n) is 6.64. The summed E-state index contributed by atoms with van der Waals surface area (Å²) in [5.41, 5.74) is 3.80. The Bertz CT molecular complexity index is 582. The van der Waals surface area contributed by atoms with E-state index < -0.39 is 5.41 Å². The molecule has 0 fully saturated rings. The maximum absolute atomic E-state index is 13.7. The Labute approximate surface area is 114 Å². The average Bonchev–Trinajstić information content (AvgIpc) is 2.75. The lowest BCUT2D eigenvalue weighted by molar-refractivity contribution is 0.538. The molecule has 19 heavy (non-hydrogen) atoms. The van der Waals surface area contributed by atoms with E-state index in [0.717, 1.165) is 5.56 Å². The summed E-state index contributed by atoms with van der Waals surface area (Å²) in [5.74, 6) is 0.219. The van der Waals surface area contributed by atoms with Crippen LogP contribution in [0, 0.1) is 12.7 Å². The molecule has 0 aliphatic carbocycles. The van der Waals surface area contributed by atoms with E-state index in [9.17, 15) is 4.39 Å². The minimum Gasteiger partial charge on any atom is -0.279 e. The minimum atomic E-state index is -0.416. The first kappa shape index (κ1) is 13.8. The summed E-state index contributed by atoms with van der Waals surface area (Å²) in [5, 5.41) is 6.56. The number of H-pyrrole nitrogens is 1. The lowest BCUT2D eigenvalue weighted by Crippen LogP contribution is -2.21. The molecule has 2 rings (SSSR count). The van der Waals surface area contributed by atoms with Crippen molar-refractivity contribution < 1.29 is 4.39 Å². The maximum atomic E-state index is 13.7. The van der Waals surface area contributed by atoms with E-state index in [4.69, 9.17) is 0 Å². The summed E-state index contributed by atoms with van der Waals surface area (Å²) in [6.45, 7) is 10.5. The van der Waals surface area contributed by atoms with Gasteiger partial charge in [0.1, 0.15) is 0 Å². The van der Waals surface area contributed by atoms with Gasteiger partial charge in [0.05, 0.1) is 11.9 Å². The molecule has 2 nitrogen and oxygen atoms in total. The summed E-state index contributed by atoms with van der Waals surface area (Å²) >= 11 is 0. The van der Waals surface area contributed by atoms with Gasteiger partial charge in [-0.3, -0.25) is 5.10 Å². The molecule has 3 heteroatoms. The predicted octanol–water partition coefficient (Wildman–Crippen LogP) is 4.31. The highest BCUT2D eigenvalue weighted by Crippen LogP contribution is 2.33. The molecule has 0 saturated carbocycles. The van der Waals surface area contributed by atoms with Gasteiger partial charge in [-0.05, 0) is 29.5 Å². The molecule has 0 atom stereocenters. The van der Waals surface area contributed by atoms with Gasteiger partial charge in [0.15, 0.2) is 5.82 Å². The van der Waals surface area contributed by atoms with Gasteiger partial charge >= 0.3 is 0 Å². The molecule has 2 aromatic rings. The second-order valence-electron chi connectivity index (χ2n) is 5.94. The topological polar surface area (TPSA) is 28.7 Å². The van der Waals surface area contributed by atoms with Crippen molar-refractivity contribution in [1.29, 1.82) is 0 Å². The number of aromatic nitrogens is 2. The Hall–Kier alpha value is -1.64. The van der Waals surface area contributed by atoms with Gasteiger partial charge in [0, 0.05) is 5.41 Å². The highest BCUT2D eigenvalue weighted by molar-refractivity contribution is 5.40. The number of benzene rings is 1. The molecule has 0 aliphatic heterocycles. The highest BCUT2D eigenvalue weighted by Gasteiger charge is 2.28. The molecule has 1 N–H and O–H groups in total. The van der Waals surface area contributed by atoms with Crippen LogP contribution in [0.4, 0.5) is 4.39 Å². The van der Waals surface area contributed by atoms with Gasteiger partial charge in [0.2, 0.25) is 0 Å². The second-order valence-corrected chi connectivity index (χ2v) is 5.94. The number of halogens is 1. The van der Waals surface area contributed by atoms with Crippen molar-refractivity contribution in [1.82, 2.24) is 10.2 Å². The summed E-state index contributed by atoms with van der Waals surface area (Å²) in [6, 6.07) is 6.38. The summed E-state index contributed by atoms with van der Waals surface area (Å²) in [4.78, 5) is 0. The molecular formula is C16H21FN2. The number of nitrogens with zero attached hydrogens (tertiary/aromatic N) is 1. The molecule has 0 amide bonds. The molecule has 1 aromatic carbocycles. The van der Waals surface area contributed by atoms with Gasteiger partial charge in [0.25, 0.3) is 0 Å². The highest BCUT2D eigenvalue weighted by atomic mass is 19.1. The third-order valence-corrected chi connectivity index (χ3v) is 3.83. The van der Waals surface area contributed by atoms with Gasteiger partial charge in [-0.2, -0.15) is 5.10 Å². The van der Waals surface area contributed by atoms with Crippen LogP contribution >= 0.6 is 0 Å². The van der Waals surface area contributed by atoms with Crippen molar-refractivity contribution in [3.05, 3.63) is 52.6 Å². The first-order chi connectivity index (χ1) is 8.84. The number of hydrogen-bond acceptors (Lipinski definition) is 1. The third kappa shape index (κ3) is 2.42. The normalized spacial score (nSPS) is 12.2. The maximum Gasteiger partial charge on any atom is 0.164 e. The van der Waals surface area contributed by atoms with Crippen LogP contribution in [0.15, 0.2) is 24.4 Å². The van der Waals surface area contributed by atoms with Crippen molar-refractivity contribution in [2.45, 2.75) is 46.0 Å². The van der Waals surface area contributed by atoms with Gasteiger partial charge in [-0.25, -0.2) is 4.39 Å². The minimum absolute atomic E-state index is 0.282. The molecule has 1 aromatic heterocycles. The van der Waals surface area contributed by atoms with Crippen LogP contribution in [-0.4, -0.2) is 10.2 Å². The Morgan fingerprint density at radius 3 is 2.42 bits per heavy atom. The molecule has 0 radical (unpaired) electrons. The third-order valence-electron chi connectivity index (χ3n) is 3.83. The number of hydrogen-bond donors (Lipinski definition) is 1. The summed E-state index contributed by atoms with van der Waals surface area (Å²) < 4.78 is 13.7. The van der Waals surface area contributed by atoms with Gasteiger partial charge in [-0.1, -0.05) is 45.9 Å². The zero-order valence-corrected chi connectivity index (χ0v) is 12.2. The zero-order valence-electron chi connectivity index (χ0n) is 12.2. The van der Waals surface area contributed by atoms with Crippen molar-refractivity contribution in [3.63, 3.8) is 0 Å².